The number of nitrogens with two attached hydrogens (primary N) is 1. The first-order chi connectivity index (χ1) is 8.81. The van der Waals surface area contributed by atoms with Crippen molar-refractivity contribution in [1.29, 1.82) is 0 Å². The van der Waals surface area contributed by atoms with Crippen molar-refractivity contribution in [2.24, 2.45) is 5.73 Å². The van der Waals surface area contributed by atoms with Gasteiger partial charge in [0.25, 0.3) is 0 Å². The van der Waals surface area contributed by atoms with E-state index in [0.717, 1.165) is 13.1 Å². The predicted octanol–water partition coefficient (Wildman–Crippen LogP) is 3.21. The van der Waals surface area contributed by atoms with Crippen molar-refractivity contribution in [3.63, 3.8) is 0 Å². The van der Waals surface area contributed by atoms with Gasteiger partial charge in [-0.3, -0.25) is 0 Å². The average Bonchev–Trinajstić information content (AvgIpc) is 2.46. The van der Waals surface area contributed by atoms with Gasteiger partial charge in [0, 0.05) is 24.8 Å². The monoisotopic (exact) mass is 240 g/mol. The Bertz CT molecular complexity index is 453. The van der Waals surface area contributed by atoms with Crippen molar-refractivity contribution in [2.75, 3.05) is 18.0 Å². The second kappa shape index (κ2) is 6.22. The van der Waals surface area contributed by atoms with Crippen molar-refractivity contribution in [2.45, 2.75) is 13.0 Å². The summed E-state index contributed by atoms with van der Waals surface area (Å²) in [6.45, 7) is 3.96. The van der Waals surface area contributed by atoms with Crippen LogP contribution in [0.15, 0.2) is 60.7 Å². The van der Waals surface area contributed by atoms with Gasteiger partial charge in [-0.05, 0) is 24.6 Å². The maximum Gasteiger partial charge on any atom is 0.0473 e. The van der Waals surface area contributed by atoms with E-state index in [1.807, 2.05) is 24.3 Å². The van der Waals surface area contributed by atoms with Gasteiger partial charge in [0.15, 0.2) is 0 Å². The Balaban J connectivity index is 2.07. The fraction of sp³-hybridized carbons (Fsp3) is 0.250. The number of benzene rings is 2. The molecule has 0 aliphatic carbocycles. The Morgan fingerprint density at radius 3 is 2.06 bits per heavy atom. The summed E-state index contributed by atoms with van der Waals surface area (Å²) < 4.78 is 0. The molecular weight excluding hydrogens is 220 g/mol. The highest BCUT2D eigenvalue weighted by Gasteiger charge is 2.11. The second-order valence-corrected chi connectivity index (χ2v) is 4.39. The van der Waals surface area contributed by atoms with Gasteiger partial charge in [-0.25, -0.2) is 0 Å². The molecule has 0 bridgehead atoms. The van der Waals surface area contributed by atoms with Crippen LogP contribution in [0.3, 0.4) is 0 Å². The first-order valence-electron chi connectivity index (χ1n) is 6.41. The first kappa shape index (κ1) is 12.7. The molecule has 2 aromatic rings. The molecule has 0 saturated carbocycles. The number of hydrogen-bond donors (Lipinski definition) is 1. The Morgan fingerprint density at radius 2 is 1.50 bits per heavy atom. The van der Waals surface area contributed by atoms with E-state index in [0.29, 0.717) is 0 Å². The van der Waals surface area contributed by atoms with Crippen LogP contribution in [-0.2, 0) is 0 Å². The van der Waals surface area contributed by atoms with E-state index in [9.17, 15) is 0 Å². The second-order valence-electron chi connectivity index (χ2n) is 4.39. The molecule has 0 aromatic heterocycles. The zero-order valence-electron chi connectivity index (χ0n) is 10.8. The van der Waals surface area contributed by atoms with E-state index >= 15 is 0 Å². The molecule has 0 fully saturated rings. The molecular formula is C16H20N2. The molecule has 2 nitrogen and oxygen atoms in total. The van der Waals surface area contributed by atoms with Crippen LogP contribution < -0.4 is 10.6 Å². The van der Waals surface area contributed by atoms with Crippen molar-refractivity contribution >= 4 is 5.69 Å². The number of rotatable bonds is 5. The molecule has 0 aliphatic heterocycles. The topological polar surface area (TPSA) is 29.3 Å². The molecule has 0 spiro atoms. The fourth-order valence-corrected chi connectivity index (χ4v) is 2.10. The molecule has 0 amide bonds. The van der Waals surface area contributed by atoms with E-state index in [4.69, 9.17) is 5.73 Å². The third kappa shape index (κ3) is 3.11. The van der Waals surface area contributed by atoms with Crippen LogP contribution in [0.25, 0.3) is 0 Å². The lowest BCUT2D eigenvalue weighted by Gasteiger charge is -2.26. The number of anilines is 1. The highest BCUT2D eigenvalue weighted by molar-refractivity contribution is 5.46. The van der Waals surface area contributed by atoms with Gasteiger partial charge in [0.2, 0.25) is 0 Å². The first-order valence-corrected chi connectivity index (χ1v) is 6.41. The Morgan fingerprint density at radius 1 is 0.944 bits per heavy atom. The van der Waals surface area contributed by atoms with Gasteiger partial charge in [-0.2, -0.15) is 0 Å². The molecule has 0 radical (unpaired) electrons. The third-order valence-electron chi connectivity index (χ3n) is 3.15. The molecule has 0 aliphatic rings. The molecule has 1 atom stereocenters. The van der Waals surface area contributed by atoms with Crippen LogP contribution in [-0.4, -0.2) is 13.1 Å². The average molecular weight is 240 g/mol. The molecule has 2 heteroatoms. The number of para-hydroxylation sites is 1. The lowest BCUT2D eigenvalue weighted by Crippen LogP contribution is -2.32. The van der Waals surface area contributed by atoms with Gasteiger partial charge >= 0.3 is 0 Å². The predicted molar refractivity (Wildman–Crippen MR) is 77.7 cm³/mol. The Hall–Kier alpha value is -1.80. The van der Waals surface area contributed by atoms with Crippen molar-refractivity contribution in [1.82, 2.24) is 0 Å². The van der Waals surface area contributed by atoms with Crippen LogP contribution in [0, 0.1) is 0 Å². The Kier molecular flexibility index (Phi) is 4.37. The lowest BCUT2D eigenvalue weighted by atomic mass is 10.1. The van der Waals surface area contributed by atoms with Crippen LogP contribution in [0.1, 0.15) is 18.5 Å². The fourth-order valence-electron chi connectivity index (χ4n) is 2.10. The molecule has 18 heavy (non-hydrogen) atoms. The maximum atomic E-state index is 6.27. The normalized spacial score (nSPS) is 12.1. The quantitative estimate of drug-likeness (QED) is 0.869. The SMILES string of the molecule is CCN(C[C@H](N)c1ccccc1)c1ccccc1. The van der Waals surface area contributed by atoms with Crippen LogP contribution >= 0.6 is 0 Å². The zero-order valence-corrected chi connectivity index (χ0v) is 10.8. The smallest absolute Gasteiger partial charge is 0.0473 e. The molecule has 0 heterocycles. The summed E-state index contributed by atoms with van der Waals surface area (Å²) >= 11 is 0. The van der Waals surface area contributed by atoms with Gasteiger partial charge in [-0.1, -0.05) is 48.5 Å². The van der Waals surface area contributed by atoms with Gasteiger partial charge < -0.3 is 10.6 Å². The van der Waals surface area contributed by atoms with E-state index in [2.05, 4.69) is 48.2 Å². The Labute approximate surface area is 109 Å². The van der Waals surface area contributed by atoms with E-state index in [1.54, 1.807) is 0 Å². The van der Waals surface area contributed by atoms with Crippen molar-refractivity contribution < 1.29 is 0 Å². The van der Waals surface area contributed by atoms with Crippen LogP contribution in [0.5, 0.6) is 0 Å². The summed E-state index contributed by atoms with van der Waals surface area (Å²) in [7, 11) is 0. The lowest BCUT2D eigenvalue weighted by molar-refractivity contribution is 0.677. The van der Waals surface area contributed by atoms with Gasteiger partial charge in [-0.15, -0.1) is 0 Å². The number of nitrogens with zero attached hydrogens (tertiary/aromatic N) is 1. The van der Waals surface area contributed by atoms with Gasteiger partial charge in [0.05, 0.1) is 0 Å². The van der Waals surface area contributed by atoms with Gasteiger partial charge in [0.1, 0.15) is 0 Å². The highest BCUT2D eigenvalue weighted by Crippen LogP contribution is 2.17. The summed E-state index contributed by atoms with van der Waals surface area (Å²) in [4.78, 5) is 2.30. The van der Waals surface area contributed by atoms with Crippen molar-refractivity contribution in [3.8, 4) is 0 Å². The third-order valence-corrected chi connectivity index (χ3v) is 3.15. The highest BCUT2D eigenvalue weighted by atomic mass is 15.1. The minimum atomic E-state index is 0.0476. The minimum absolute atomic E-state index is 0.0476. The largest absolute Gasteiger partial charge is 0.370 e. The molecule has 0 unspecified atom stereocenters. The van der Waals surface area contributed by atoms with E-state index in [1.165, 1.54) is 11.3 Å². The summed E-state index contributed by atoms with van der Waals surface area (Å²) in [5, 5.41) is 0. The number of likely N-dealkylation sites (N-methyl/N-ethyl adjacent to an activating group) is 1. The summed E-state index contributed by atoms with van der Waals surface area (Å²) in [6.07, 6.45) is 0. The van der Waals surface area contributed by atoms with Crippen LogP contribution in [0.4, 0.5) is 5.69 Å². The standard InChI is InChI=1S/C16H20N2/c1-2-18(15-11-7-4-8-12-15)13-16(17)14-9-5-3-6-10-14/h3-12,16H,2,13,17H2,1H3/t16-/m0/s1. The molecule has 0 saturated heterocycles. The van der Waals surface area contributed by atoms with E-state index < -0.39 is 0 Å². The van der Waals surface area contributed by atoms with E-state index in [-0.39, 0.29) is 6.04 Å². The summed E-state index contributed by atoms with van der Waals surface area (Å²) in [5.74, 6) is 0. The number of hydrogen-bond acceptors (Lipinski definition) is 2. The molecule has 2 aromatic carbocycles. The molecule has 2 N–H and O–H groups in total. The zero-order chi connectivity index (χ0) is 12.8. The summed E-state index contributed by atoms with van der Waals surface area (Å²) in [5.41, 5.74) is 8.68. The van der Waals surface area contributed by atoms with Crippen molar-refractivity contribution in [3.05, 3.63) is 66.2 Å². The summed E-state index contributed by atoms with van der Waals surface area (Å²) in [6, 6.07) is 20.7. The van der Waals surface area contributed by atoms with Crippen LogP contribution in [0.2, 0.25) is 0 Å². The molecule has 94 valence electrons. The minimum Gasteiger partial charge on any atom is -0.370 e. The maximum absolute atomic E-state index is 6.27. The molecule has 2 rings (SSSR count).